The molecule has 0 radical (unpaired) electrons. The zero-order chi connectivity index (χ0) is 12.8. The Bertz CT molecular complexity index is 408. The van der Waals surface area contributed by atoms with E-state index in [-0.39, 0.29) is 18.1 Å². The summed E-state index contributed by atoms with van der Waals surface area (Å²) in [6, 6.07) is 6.18. The van der Waals surface area contributed by atoms with Gasteiger partial charge in [0, 0.05) is 0 Å². The molecule has 1 aromatic carbocycles. The number of anilines is 1. The van der Waals surface area contributed by atoms with Crippen molar-refractivity contribution >= 4 is 23.4 Å². The number of nitrogens with one attached hydrogen (secondary N) is 2. The lowest BCUT2D eigenvalue weighted by Gasteiger charge is -2.10. The van der Waals surface area contributed by atoms with Gasteiger partial charge in [-0.3, -0.25) is 4.79 Å². The van der Waals surface area contributed by atoms with Gasteiger partial charge in [-0.15, -0.1) is 0 Å². The van der Waals surface area contributed by atoms with Gasteiger partial charge in [-0.1, -0.05) is 12.1 Å². The zero-order valence-electron chi connectivity index (χ0n) is 10.1. The van der Waals surface area contributed by atoms with Gasteiger partial charge >= 0.3 is 0 Å². The topological polar surface area (TPSA) is 41.1 Å². The minimum absolute atomic E-state index is 0.203. The highest BCUT2D eigenvalue weighted by Crippen LogP contribution is 2.22. The first-order valence-corrected chi connectivity index (χ1v) is 7.24. The van der Waals surface area contributed by atoms with Gasteiger partial charge in [0.05, 0.1) is 12.2 Å². The van der Waals surface area contributed by atoms with Crippen molar-refractivity contribution in [2.24, 2.45) is 5.92 Å². The van der Waals surface area contributed by atoms with Crippen LogP contribution in [0.5, 0.6) is 0 Å². The van der Waals surface area contributed by atoms with E-state index in [2.05, 4.69) is 10.6 Å². The summed E-state index contributed by atoms with van der Waals surface area (Å²) in [5.74, 6) is 2.44. The van der Waals surface area contributed by atoms with Crippen LogP contribution in [0.25, 0.3) is 0 Å². The van der Waals surface area contributed by atoms with Crippen molar-refractivity contribution in [3.8, 4) is 0 Å². The lowest BCUT2D eigenvalue weighted by Crippen LogP contribution is -2.32. The predicted molar refractivity (Wildman–Crippen MR) is 73.3 cm³/mol. The number of halogens is 1. The van der Waals surface area contributed by atoms with Gasteiger partial charge in [-0.25, -0.2) is 4.39 Å². The van der Waals surface area contributed by atoms with Crippen molar-refractivity contribution in [3.63, 3.8) is 0 Å². The molecule has 2 rings (SSSR count). The minimum Gasteiger partial charge on any atom is -0.322 e. The normalized spacial score (nSPS) is 18.8. The molecule has 0 saturated carbocycles. The van der Waals surface area contributed by atoms with E-state index in [1.54, 1.807) is 18.2 Å². The van der Waals surface area contributed by atoms with E-state index >= 15 is 0 Å². The Balaban J connectivity index is 1.70. The maximum atomic E-state index is 13.3. The lowest BCUT2D eigenvalue weighted by atomic mass is 10.1. The van der Waals surface area contributed by atoms with Crippen LogP contribution in [-0.2, 0) is 4.79 Å². The summed E-state index contributed by atoms with van der Waals surface area (Å²) < 4.78 is 13.3. The van der Waals surface area contributed by atoms with Crippen molar-refractivity contribution in [2.75, 3.05) is 29.9 Å². The number of hydrogen-bond acceptors (Lipinski definition) is 3. The summed E-state index contributed by atoms with van der Waals surface area (Å²) in [5.41, 5.74) is 0.237. The Kier molecular flexibility index (Phi) is 5.01. The van der Waals surface area contributed by atoms with E-state index in [1.165, 1.54) is 24.0 Å². The van der Waals surface area contributed by atoms with Gasteiger partial charge in [0.2, 0.25) is 5.91 Å². The molecule has 0 bridgehead atoms. The van der Waals surface area contributed by atoms with E-state index in [0.29, 0.717) is 5.92 Å². The molecular weight excluding hydrogens is 251 g/mol. The van der Waals surface area contributed by atoms with Crippen LogP contribution in [0.2, 0.25) is 0 Å². The molecular formula is C13H17FN2OS. The van der Waals surface area contributed by atoms with Crippen LogP contribution < -0.4 is 10.6 Å². The Morgan fingerprint density at radius 1 is 1.44 bits per heavy atom. The van der Waals surface area contributed by atoms with Gasteiger partial charge < -0.3 is 10.6 Å². The summed E-state index contributed by atoms with van der Waals surface area (Å²) in [7, 11) is 0. The van der Waals surface area contributed by atoms with Crippen LogP contribution in [0.15, 0.2) is 24.3 Å². The average molecular weight is 268 g/mol. The maximum absolute atomic E-state index is 13.3. The smallest absolute Gasteiger partial charge is 0.238 e. The number of rotatable bonds is 5. The monoisotopic (exact) mass is 268 g/mol. The third-order valence-electron chi connectivity index (χ3n) is 2.89. The zero-order valence-corrected chi connectivity index (χ0v) is 10.9. The second kappa shape index (κ2) is 6.75. The van der Waals surface area contributed by atoms with Crippen LogP contribution in [0.1, 0.15) is 6.42 Å². The second-order valence-electron chi connectivity index (χ2n) is 4.39. The number of amides is 1. The van der Waals surface area contributed by atoms with Crippen LogP contribution in [0.4, 0.5) is 10.1 Å². The fraction of sp³-hybridized carbons (Fsp3) is 0.462. The molecule has 0 aliphatic carbocycles. The van der Waals surface area contributed by atoms with Gasteiger partial charge in [0.15, 0.2) is 0 Å². The Labute approximate surface area is 111 Å². The molecule has 3 nitrogen and oxygen atoms in total. The summed E-state index contributed by atoms with van der Waals surface area (Å²) in [4.78, 5) is 11.6. The van der Waals surface area contributed by atoms with Gasteiger partial charge in [0.25, 0.3) is 0 Å². The van der Waals surface area contributed by atoms with Gasteiger partial charge in [-0.2, -0.15) is 11.8 Å². The molecule has 5 heteroatoms. The molecule has 1 fully saturated rings. The summed E-state index contributed by atoms with van der Waals surface area (Å²) in [5, 5.41) is 5.67. The molecule has 18 heavy (non-hydrogen) atoms. The molecule has 1 amide bonds. The van der Waals surface area contributed by atoms with E-state index in [4.69, 9.17) is 0 Å². The van der Waals surface area contributed by atoms with Crippen molar-refractivity contribution in [1.82, 2.24) is 5.32 Å². The molecule has 98 valence electrons. The van der Waals surface area contributed by atoms with Crippen molar-refractivity contribution in [3.05, 3.63) is 30.1 Å². The molecule has 1 aliphatic heterocycles. The number of thioether (sulfide) groups is 1. The predicted octanol–water partition coefficient (Wildman–Crippen LogP) is 2.11. The number of carbonyl (C=O) groups is 1. The summed E-state index contributed by atoms with van der Waals surface area (Å²) in [6.07, 6.45) is 1.21. The van der Waals surface area contributed by atoms with Crippen molar-refractivity contribution in [2.45, 2.75) is 6.42 Å². The van der Waals surface area contributed by atoms with E-state index in [9.17, 15) is 9.18 Å². The van der Waals surface area contributed by atoms with E-state index < -0.39 is 5.82 Å². The largest absolute Gasteiger partial charge is 0.322 e. The Morgan fingerprint density at radius 2 is 2.28 bits per heavy atom. The third kappa shape index (κ3) is 3.99. The molecule has 1 unspecified atom stereocenters. The molecule has 0 aromatic heterocycles. The van der Waals surface area contributed by atoms with Crippen molar-refractivity contribution in [1.29, 1.82) is 0 Å². The van der Waals surface area contributed by atoms with Crippen molar-refractivity contribution < 1.29 is 9.18 Å². The highest BCUT2D eigenvalue weighted by molar-refractivity contribution is 7.99. The summed E-state index contributed by atoms with van der Waals surface area (Å²) in [6.45, 7) is 1.09. The van der Waals surface area contributed by atoms with Gasteiger partial charge in [-0.05, 0) is 42.5 Å². The van der Waals surface area contributed by atoms with Crippen LogP contribution in [-0.4, -0.2) is 30.5 Å². The van der Waals surface area contributed by atoms with Crippen LogP contribution in [0.3, 0.4) is 0 Å². The van der Waals surface area contributed by atoms with Gasteiger partial charge in [0.1, 0.15) is 5.82 Å². The average Bonchev–Trinajstić information content (AvgIpc) is 2.85. The first-order chi connectivity index (χ1) is 8.75. The molecule has 1 aromatic rings. The third-order valence-corrected chi connectivity index (χ3v) is 4.12. The fourth-order valence-electron chi connectivity index (χ4n) is 1.89. The molecule has 2 N–H and O–H groups in total. The fourth-order valence-corrected chi connectivity index (χ4v) is 3.18. The highest BCUT2D eigenvalue weighted by Gasteiger charge is 2.15. The first-order valence-electron chi connectivity index (χ1n) is 6.08. The molecule has 0 spiro atoms. The minimum atomic E-state index is -0.405. The lowest BCUT2D eigenvalue weighted by molar-refractivity contribution is -0.115. The second-order valence-corrected chi connectivity index (χ2v) is 5.54. The molecule has 1 atom stereocenters. The molecule has 1 heterocycles. The Hall–Kier alpha value is -1.07. The summed E-state index contributed by atoms with van der Waals surface area (Å²) >= 11 is 1.96. The number of para-hydroxylation sites is 1. The standard InChI is InChI=1S/C13H17FN2OS/c14-11-3-1-2-4-12(11)16-13(17)8-15-7-10-5-6-18-9-10/h1-4,10,15H,5-9H2,(H,16,17). The van der Waals surface area contributed by atoms with E-state index in [1.807, 2.05) is 11.8 Å². The first kappa shape index (κ1) is 13.4. The molecule has 1 aliphatic rings. The maximum Gasteiger partial charge on any atom is 0.238 e. The Morgan fingerprint density at radius 3 is 3.00 bits per heavy atom. The number of carbonyl (C=O) groups excluding carboxylic acids is 1. The van der Waals surface area contributed by atoms with Crippen LogP contribution in [0, 0.1) is 11.7 Å². The highest BCUT2D eigenvalue weighted by atomic mass is 32.2. The van der Waals surface area contributed by atoms with E-state index in [0.717, 1.165) is 6.54 Å². The van der Waals surface area contributed by atoms with Crippen LogP contribution >= 0.6 is 11.8 Å². The SMILES string of the molecule is O=C(CNCC1CCSC1)Nc1ccccc1F. The molecule has 1 saturated heterocycles. The number of benzene rings is 1. The number of hydrogen-bond donors (Lipinski definition) is 2. The quantitative estimate of drug-likeness (QED) is 0.859.